The number of ether oxygens (including phenoxy) is 1. The van der Waals surface area contributed by atoms with Gasteiger partial charge in [-0.25, -0.2) is 4.79 Å². The first-order valence-corrected chi connectivity index (χ1v) is 7.19. The van der Waals surface area contributed by atoms with Gasteiger partial charge in [-0.05, 0) is 11.6 Å². The summed E-state index contributed by atoms with van der Waals surface area (Å²) in [6, 6.07) is 13.7. The Morgan fingerprint density at radius 1 is 1.12 bits per heavy atom. The second-order valence-corrected chi connectivity index (χ2v) is 5.01. The molecule has 1 atom stereocenters. The summed E-state index contributed by atoms with van der Waals surface area (Å²) in [5, 5.41) is 13.5. The molecule has 124 valence electrons. The SMILES string of the molecule is COC(=O)C(Cc1ccccc1)NC(=O)c1ccccc1[N+](=O)[O-]. The van der Waals surface area contributed by atoms with Crippen molar-refractivity contribution in [3.8, 4) is 0 Å². The molecule has 2 rings (SSSR count). The summed E-state index contributed by atoms with van der Waals surface area (Å²) >= 11 is 0. The first-order valence-electron chi connectivity index (χ1n) is 7.19. The van der Waals surface area contributed by atoms with E-state index in [9.17, 15) is 19.7 Å². The molecule has 24 heavy (non-hydrogen) atoms. The molecule has 0 radical (unpaired) electrons. The Labute approximate surface area is 138 Å². The van der Waals surface area contributed by atoms with Gasteiger partial charge in [-0.1, -0.05) is 42.5 Å². The van der Waals surface area contributed by atoms with Crippen molar-refractivity contribution in [2.75, 3.05) is 7.11 Å². The highest BCUT2D eigenvalue weighted by Gasteiger charge is 2.26. The van der Waals surface area contributed by atoms with Crippen molar-refractivity contribution >= 4 is 17.6 Å². The third-order valence-electron chi connectivity index (χ3n) is 3.42. The van der Waals surface area contributed by atoms with Crippen LogP contribution in [-0.4, -0.2) is 30.0 Å². The number of nitrogens with one attached hydrogen (secondary N) is 1. The number of hydrogen-bond acceptors (Lipinski definition) is 5. The molecule has 7 nitrogen and oxygen atoms in total. The van der Waals surface area contributed by atoms with E-state index in [2.05, 4.69) is 5.32 Å². The molecule has 0 heterocycles. The molecule has 0 aliphatic rings. The predicted octanol–water partition coefficient (Wildman–Crippen LogP) is 2.11. The van der Waals surface area contributed by atoms with E-state index in [1.807, 2.05) is 30.3 Å². The van der Waals surface area contributed by atoms with Crippen LogP contribution in [0.15, 0.2) is 54.6 Å². The molecule has 0 aromatic heterocycles. The molecular weight excluding hydrogens is 312 g/mol. The number of amides is 1. The number of carbonyl (C=O) groups excluding carboxylic acids is 2. The largest absolute Gasteiger partial charge is 0.467 e. The molecule has 0 aliphatic carbocycles. The highest BCUT2D eigenvalue weighted by molar-refractivity contribution is 6.00. The van der Waals surface area contributed by atoms with Crippen LogP contribution in [0.25, 0.3) is 0 Å². The molecule has 0 fully saturated rings. The van der Waals surface area contributed by atoms with Gasteiger partial charge in [0.15, 0.2) is 0 Å². The lowest BCUT2D eigenvalue weighted by atomic mass is 10.1. The smallest absolute Gasteiger partial charge is 0.328 e. The fourth-order valence-electron chi connectivity index (χ4n) is 2.25. The molecular formula is C17H16N2O5. The van der Waals surface area contributed by atoms with Crippen LogP contribution in [0, 0.1) is 10.1 Å². The highest BCUT2D eigenvalue weighted by Crippen LogP contribution is 2.18. The van der Waals surface area contributed by atoms with Crippen LogP contribution >= 0.6 is 0 Å². The number of esters is 1. The number of carbonyl (C=O) groups is 2. The van der Waals surface area contributed by atoms with Gasteiger partial charge in [0.1, 0.15) is 11.6 Å². The zero-order valence-corrected chi connectivity index (χ0v) is 13.0. The molecule has 0 bridgehead atoms. The third-order valence-corrected chi connectivity index (χ3v) is 3.42. The second kappa shape index (κ2) is 7.87. The maximum Gasteiger partial charge on any atom is 0.328 e. The van der Waals surface area contributed by atoms with Crippen LogP contribution in [0.5, 0.6) is 0 Å². The van der Waals surface area contributed by atoms with Gasteiger partial charge >= 0.3 is 5.97 Å². The Balaban J connectivity index is 2.22. The van der Waals surface area contributed by atoms with E-state index >= 15 is 0 Å². The van der Waals surface area contributed by atoms with Gasteiger partial charge in [0.05, 0.1) is 12.0 Å². The van der Waals surface area contributed by atoms with Crippen LogP contribution < -0.4 is 5.32 Å². The summed E-state index contributed by atoms with van der Waals surface area (Å²) < 4.78 is 4.71. The van der Waals surface area contributed by atoms with E-state index in [1.54, 1.807) is 0 Å². The number of para-hydroxylation sites is 1. The van der Waals surface area contributed by atoms with E-state index < -0.39 is 22.8 Å². The van der Waals surface area contributed by atoms with Gasteiger partial charge in [-0.2, -0.15) is 0 Å². The molecule has 1 amide bonds. The van der Waals surface area contributed by atoms with Gasteiger partial charge in [-0.3, -0.25) is 14.9 Å². The minimum Gasteiger partial charge on any atom is -0.467 e. The number of hydrogen-bond donors (Lipinski definition) is 1. The Hall–Kier alpha value is -3.22. The highest BCUT2D eigenvalue weighted by atomic mass is 16.6. The van der Waals surface area contributed by atoms with Crippen molar-refractivity contribution in [1.29, 1.82) is 0 Å². The van der Waals surface area contributed by atoms with Crippen LogP contribution in [-0.2, 0) is 16.0 Å². The first kappa shape index (κ1) is 17.1. The predicted molar refractivity (Wildman–Crippen MR) is 86.5 cm³/mol. The summed E-state index contributed by atoms with van der Waals surface area (Å²) in [5.41, 5.74) is 0.401. The van der Waals surface area contributed by atoms with E-state index in [0.29, 0.717) is 0 Å². The van der Waals surface area contributed by atoms with Gasteiger partial charge in [-0.15, -0.1) is 0 Å². The number of benzene rings is 2. The third kappa shape index (κ3) is 4.16. The minimum atomic E-state index is -0.940. The average Bonchev–Trinajstić information content (AvgIpc) is 2.61. The first-order chi connectivity index (χ1) is 11.5. The lowest BCUT2D eigenvalue weighted by molar-refractivity contribution is -0.385. The van der Waals surface area contributed by atoms with Crippen LogP contribution in [0.4, 0.5) is 5.69 Å². The summed E-state index contributed by atoms with van der Waals surface area (Å²) in [6.45, 7) is 0. The Morgan fingerprint density at radius 3 is 2.38 bits per heavy atom. The van der Waals surface area contributed by atoms with E-state index in [4.69, 9.17) is 4.74 Å². The lowest BCUT2D eigenvalue weighted by Crippen LogP contribution is -2.43. The molecule has 0 aliphatic heterocycles. The van der Waals surface area contributed by atoms with E-state index in [1.165, 1.54) is 31.4 Å². The molecule has 0 spiro atoms. The molecule has 2 aromatic rings. The molecule has 1 N–H and O–H groups in total. The lowest BCUT2D eigenvalue weighted by Gasteiger charge is -2.16. The summed E-state index contributed by atoms with van der Waals surface area (Å²) in [7, 11) is 1.22. The topological polar surface area (TPSA) is 98.5 Å². The number of nitro benzene ring substituents is 1. The van der Waals surface area contributed by atoms with Crippen LogP contribution in [0.3, 0.4) is 0 Å². The zero-order chi connectivity index (χ0) is 17.5. The van der Waals surface area contributed by atoms with Crippen molar-refractivity contribution in [1.82, 2.24) is 5.32 Å². The molecule has 1 unspecified atom stereocenters. The average molecular weight is 328 g/mol. The number of nitro groups is 1. The number of rotatable bonds is 6. The molecule has 7 heteroatoms. The van der Waals surface area contributed by atoms with Crippen molar-refractivity contribution < 1.29 is 19.2 Å². The van der Waals surface area contributed by atoms with Gasteiger partial charge in [0.2, 0.25) is 0 Å². The Kier molecular flexibility index (Phi) is 5.62. The van der Waals surface area contributed by atoms with Crippen molar-refractivity contribution in [3.05, 3.63) is 75.8 Å². The Morgan fingerprint density at radius 2 is 1.75 bits per heavy atom. The monoisotopic (exact) mass is 328 g/mol. The quantitative estimate of drug-likeness (QED) is 0.497. The molecule has 0 saturated heterocycles. The fraction of sp³-hybridized carbons (Fsp3) is 0.176. The van der Waals surface area contributed by atoms with Crippen molar-refractivity contribution in [2.45, 2.75) is 12.5 Å². The normalized spacial score (nSPS) is 11.4. The maximum absolute atomic E-state index is 12.4. The molecule has 0 saturated carbocycles. The summed E-state index contributed by atoms with van der Waals surface area (Å²) in [4.78, 5) is 34.7. The number of nitrogens with zero attached hydrogens (tertiary/aromatic N) is 1. The van der Waals surface area contributed by atoms with Crippen LogP contribution in [0.1, 0.15) is 15.9 Å². The number of methoxy groups -OCH3 is 1. The van der Waals surface area contributed by atoms with Gasteiger partial charge in [0.25, 0.3) is 11.6 Å². The zero-order valence-electron chi connectivity index (χ0n) is 13.0. The summed E-state index contributed by atoms with van der Waals surface area (Å²) in [6.07, 6.45) is 0.222. The fourth-order valence-corrected chi connectivity index (χ4v) is 2.25. The van der Waals surface area contributed by atoms with E-state index in [-0.39, 0.29) is 17.7 Å². The van der Waals surface area contributed by atoms with E-state index in [0.717, 1.165) is 5.56 Å². The minimum absolute atomic E-state index is 0.107. The van der Waals surface area contributed by atoms with Crippen molar-refractivity contribution in [2.24, 2.45) is 0 Å². The maximum atomic E-state index is 12.4. The van der Waals surface area contributed by atoms with Crippen molar-refractivity contribution in [3.63, 3.8) is 0 Å². The molecule has 2 aromatic carbocycles. The second-order valence-electron chi connectivity index (χ2n) is 5.01. The standard InChI is InChI=1S/C17H16N2O5/c1-24-17(21)14(11-12-7-3-2-4-8-12)18-16(20)13-9-5-6-10-15(13)19(22)23/h2-10,14H,11H2,1H3,(H,18,20). The Bertz CT molecular complexity index is 746. The summed E-state index contributed by atoms with van der Waals surface area (Å²) in [5.74, 6) is -1.32. The van der Waals surface area contributed by atoms with Gasteiger partial charge < -0.3 is 10.1 Å². The van der Waals surface area contributed by atoms with Gasteiger partial charge in [0, 0.05) is 12.5 Å². The van der Waals surface area contributed by atoms with Crippen LogP contribution in [0.2, 0.25) is 0 Å².